The molecule has 0 amide bonds. The monoisotopic (exact) mass is 349 g/mol. The van der Waals surface area contributed by atoms with Crippen molar-refractivity contribution in [2.24, 2.45) is 39.7 Å². The van der Waals surface area contributed by atoms with Crippen molar-refractivity contribution < 1.29 is 15.1 Å². The molecular formula is C21H35NO3. The Balaban J connectivity index is 1.64. The van der Waals surface area contributed by atoms with Gasteiger partial charge in [0.05, 0.1) is 11.7 Å². The maximum Gasteiger partial charge on any atom is 0.106 e. The third-order valence-corrected chi connectivity index (χ3v) is 9.24. The van der Waals surface area contributed by atoms with E-state index in [2.05, 4.69) is 19.0 Å². The summed E-state index contributed by atoms with van der Waals surface area (Å²) in [7, 11) is 1.59. The highest BCUT2D eigenvalue weighted by Crippen LogP contribution is 2.68. The van der Waals surface area contributed by atoms with Crippen LogP contribution in [0.2, 0.25) is 0 Å². The van der Waals surface area contributed by atoms with E-state index in [1.165, 1.54) is 12.8 Å². The molecule has 4 rings (SSSR count). The van der Waals surface area contributed by atoms with Crippen LogP contribution in [0.5, 0.6) is 0 Å². The molecule has 0 radical (unpaired) electrons. The van der Waals surface area contributed by atoms with Crippen molar-refractivity contribution in [1.29, 1.82) is 0 Å². The molecule has 8 atom stereocenters. The van der Waals surface area contributed by atoms with E-state index in [9.17, 15) is 10.2 Å². The minimum atomic E-state index is -0.565. The van der Waals surface area contributed by atoms with Crippen LogP contribution in [0.25, 0.3) is 0 Å². The summed E-state index contributed by atoms with van der Waals surface area (Å²) in [6.45, 7) is 4.76. The van der Waals surface area contributed by atoms with Crippen LogP contribution in [0, 0.1) is 34.5 Å². The zero-order valence-electron chi connectivity index (χ0n) is 16.1. The van der Waals surface area contributed by atoms with Gasteiger partial charge in [0.1, 0.15) is 7.11 Å². The topological polar surface area (TPSA) is 62.0 Å². The number of aliphatic hydroxyl groups is 2. The molecule has 0 spiro atoms. The predicted octanol–water partition coefficient (Wildman–Crippen LogP) is 3.75. The molecule has 0 bridgehead atoms. The standard InChI is InChI=1S/C21H35NO3/c1-19-9-7-16(23)12-14(19)4-5-18-17(19)8-10-20(2)15(13-22-25-3)6-11-21(18,20)24/h13-18,23-24H,4-12H2,1-3H3/t14?,15?,16?,17-,18-,19+,20-,21-/m1/s1. The second kappa shape index (κ2) is 5.95. The molecule has 0 heterocycles. The average Bonchev–Trinajstić information content (AvgIpc) is 2.85. The number of oxime groups is 1. The summed E-state index contributed by atoms with van der Waals surface area (Å²) in [4.78, 5) is 4.93. The number of hydrogen-bond acceptors (Lipinski definition) is 4. The highest BCUT2D eigenvalue weighted by Gasteiger charge is 2.66. The summed E-state index contributed by atoms with van der Waals surface area (Å²) in [5.74, 6) is 1.97. The second-order valence-electron chi connectivity index (χ2n) is 9.88. The van der Waals surface area contributed by atoms with Crippen LogP contribution < -0.4 is 0 Å². The van der Waals surface area contributed by atoms with Gasteiger partial charge >= 0.3 is 0 Å². The van der Waals surface area contributed by atoms with E-state index in [0.29, 0.717) is 29.1 Å². The summed E-state index contributed by atoms with van der Waals surface area (Å²) >= 11 is 0. The Labute approximate surface area is 152 Å². The van der Waals surface area contributed by atoms with Gasteiger partial charge in [-0.3, -0.25) is 0 Å². The van der Waals surface area contributed by atoms with E-state index in [1.54, 1.807) is 7.11 Å². The molecular weight excluding hydrogens is 314 g/mol. The first-order valence-corrected chi connectivity index (χ1v) is 10.3. The molecule has 4 nitrogen and oxygen atoms in total. The molecule has 4 aliphatic rings. The second-order valence-corrected chi connectivity index (χ2v) is 9.88. The zero-order chi connectivity index (χ0) is 17.9. The lowest BCUT2D eigenvalue weighted by Crippen LogP contribution is -2.62. The van der Waals surface area contributed by atoms with Crippen molar-refractivity contribution >= 4 is 6.21 Å². The Kier molecular flexibility index (Phi) is 4.23. The summed E-state index contributed by atoms with van der Waals surface area (Å²) in [5, 5.41) is 26.1. The Morgan fingerprint density at radius 3 is 2.56 bits per heavy atom. The van der Waals surface area contributed by atoms with Crippen LogP contribution in [0.4, 0.5) is 0 Å². The predicted molar refractivity (Wildman–Crippen MR) is 98.2 cm³/mol. The summed E-state index contributed by atoms with van der Waals surface area (Å²) in [6, 6.07) is 0. The average molecular weight is 350 g/mol. The highest BCUT2D eigenvalue weighted by molar-refractivity contribution is 5.62. The molecule has 4 heteroatoms. The molecule has 4 saturated carbocycles. The molecule has 0 saturated heterocycles. The lowest BCUT2D eigenvalue weighted by atomic mass is 9.43. The number of aliphatic hydroxyl groups excluding tert-OH is 1. The quantitative estimate of drug-likeness (QED) is 0.589. The van der Waals surface area contributed by atoms with Crippen molar-refractivity contribution in [2.75, 3.05) is 7.11 Å². The third-order valence-electron chi connectivity index (χ3n) is 9.24. The maximum atomic E-state index is 11.9. The van der Waals surface area contributed by atoms with Gasteiger partial charge in [0, 0.05) is 17.5 Å². The van der Waals surface area contributed by atoms with E-state index < -0.39 is 5.60 Å². The molecule has 3 unspecified atom stereocenters. The van der Waals surface area contributed by atoms with Crippen molar-refractivity contribution in [3.63, 3.8) is 0 Å². The molecule has 25 heavy (non-hydrogen) atoms. The van der Waals surface area contributed by atoms with Crippen molar-refractivity contribution in [3.05, 3.63) is 0 Å². The normalized spacial score (nSPS) is 55.5. The first-order valence-electron chi connectivity index (χ1n) is 10.3. The number of fused-ring (bicyclic) bond motifs is 5. The highest BCUT2D eigenvalue weighted by atomic mass is 16.6. The summed E-state index contributed by atoms with van der Waals surface area (Å²) in [5.41, 5.74) is -0.337. The van der Waals surface area contributed by atoms with Gasteiger partial charge in [-0.15, -0.1) is 0 Å². The molecule has 142 valence electrons. The van der Waals surface area contributed by atoms with Crippen LogP contribution in [0.3, 0.4) is 0 Å². The van der Waals surface area contributed by atoms with Crippen LogP contribution in [0.15, 0.2) is 5.16 Å². The molecule has 0 aliphatic heterocycles. The van der Waals surface area contributed by atoms with Gasteiger partial charge in [0.15, 0.2) is 0 Å². The lowest BCUT2D eigenvalue weighted by Gasteiger charge is -2.63. The first-order chi connectivity index (χ1) is 11.8. The smallest absolute Gasteiger partial charge is 0.106 e. The Hall–Kier alpha value is -0.610. The molecule has 0 aromatic rings. The fraction of sp³-hybridized carbons (Fsp3) is 0.952. The fourth-order valence-corrected chi connectivity index (χ4v) is 7.62. The van der Waals surface area contributed by atoms with E-state index in [-0.39, 0.29) is 11.5 Å². The van der Waals surface area contributed by atoms with Gasteiger partial charge in [-0.25, -0.2) is 0 Å². The number of rotatable bonds is 2. The molecule has 0 aromatic carbocycles. The van der Waals surface area contributed by atoms with E-state index >= 15 is 0 Å². The van der Waals surface area contributed by atoms with Crippen LogP contribution >= 0.6 is 0 Å². The maximum absolute atomic E-state index is 11.9. The fourth-order valence-electron chi connectivity index (χ4n) is 7.62. The van der Waals surface area contributed by atoms with Crippen molar-refractivity contribution in [2.45, 2.75) is 83.3 Å². The van der Waals surface area contributed by atoms with Gasteiger partial charge in [-0.2, -0.15) is 0 Å². The van der Waals surface area contributed by atoms with Crippen LogP contribution in [-0.2, 0) is 4.84 Å². The summed E-state index contributed by atoms with van der Waals surface area (Å²) in [6.07, 6.45) is 11.4. The van der Waals surface area contributed by atoms with Gasteiger partial charge in [-0.05, 0) is 81.0 Å². The van der Waals surface area contributed by atoms with E-state index in [4.69, 9.17) is 4.84 Å². The molecule has 0 aromatic heterocycles. The van der Waals surface area contributed by atoms with Gasteiger partial charge < -0.3 is 15.1 Å². The van der Waals surface area contributed by atoms with Gasteiger partial charge in [0.25, 0.3) is 0 Å². The van der Waals surface area contributed by atoms with Crippen LogP contribution in [-0.4, -0.2) is 35.2 Å². The van der Waals surface area contributed by atoms with Crippen molar-refractivity contribution in [3.8, 4) is 0 Å². The van der Waals surface area contributed by atoms with Crippen molar-refractivity contribution in [1.82, 2.24) is 0 Å². The number of nitrogens with zero attached hydrogens (tertiary/aromatic N) is 1. The number of hydrogen-bond donors (Lipinski definition) is 2. The van der Waals surface area contributed by atoms with E-state index in [0.717, 1.165) is 44.9 Å². The molecule has 4 aliphatic carbocycles. The largest absolute Gasteiger partial charge is 0.399 e. The minimum Gasteiger partial charge on any atom is -0.399 e. The van der Waals surface area contributed by atoms with Crippen LogP contribution in [0.1, 0.15) is 71.6 Å². The Morgan fingerprint density at radius 2 is 1.80 bits per heavy atom. The van der Waals surface area contributed by atoms with Gasteiger partial charge in [0.2, 0.25) is 0 Å². The van der Waals surface area contributed by atoms with Gasteiger partial charge in [-0.1, -0.05) is 19.0 Å². The zero-order valence-corrected chi connectivity index (χ0v) is 16.1. The molecule has 2 N–H and O–H groups in total. The minimum absolute atomic E-state index is 0.0758. The first kappa shape index (κ1) is 17.8. The summed E-state index contributed by atoms with van der Waals surface area (Å²) < 4.78 is 0. The Bertz CT molecular complexity index is 551. The SMILES string of the molecule is CON=CC1CC[C@@]2(O)[C@@H]3CCC4CC(O)CC[C@]4(C)[C@@H]3CC[C@]12C. The Morgan fingerprint density at radius 1 is 1.00 bits per heavy atom. The third kappa shape index (κ3) is 2.36. The molecule has 4 fully saturated rings. The van der Waals surface area contributed by atoms with E-state index in [1.807, 2.05) is 6.21 Å². The lowest BCUT2D eigenvalue weighted by molar-refractivity contribution is -0.206.